The summed E-state index contributed by atoms with van der Waals surface area (Å²) in [4.78, 5) is 24.6. The molecule has 0 amide bonds. The zero-order chi connectivity index (χ0) is 30.7. The number of methoxy groups -OCH3 is 1. The molecular formula is C33H44FN3O5. The van der Waals surface area contributed by atoms with Crippen LogP contribution in [0, 0.1) is 18.2 Å². The number of carboxylic acids is 1. The molecule has 1 aromatic carbocycles. The molecule has 2 unspecified atom stereocenters. The van der Waals surface area contributed by atoms with Crippen LogP contribution in [0.15, 0.2) is 47.6 Å². The predicted octanol–water partition coefficient (Wildman–Crippen LogP) is 6.21. The maximum Gasteiger partial charge on any atom is 0.336 e. The second-order valence-electron chi connectivity index (χ2n) is 13.0. The topological polar surface area (TPSA) is 93.5 Å². The van der Waals surface area contributed by atoms with E-state index in [1.165, 1.54) is 19.2 Å². The minimum atomic E-state index is -1.52. The summed E-state index contributed by atoms with van der Waals surface area (Å²) < 4.78 is 31.8. The molecule has 2 aliphatic heterocycles. The number of aliphatic imine (C=N–C) groups is 1. The molecule has 1 saturated heterocycles. The minimum Gasteiger partial charge on any atom is -0.482 e. The van der Waals surface area contributed by atoms with Crippen LogP contribution in [-0.2, 0) is 25.4 Å². The molecule has 1 fully saturated rings. The first kappa shape index (κ1) is 31.6. The standard InChI is InChI=1S/C33H44FN3O5/c1-22-20-27(37-17-15-32(5,6)16-18-37)25(21-35-22)26-12-14-33(30(36-26)40-7,28(29(38)39)42-31(2,3)4)41-19-13-23-8-10-24(34)11-9-23/h8-12,20-21,28H,13-19H2,1-7H3,(H,38,39). The number of halogens is 1. The highest BCUT2D eigenvalue weighted by atomic mass is 19.1. The van der Waals surface area contributed by atoms with Crippen molar-refractivity contribution in [3.05, 3.63) is 65.2 Å². The number of ether oxygens (including phenoxy) is 3. The van der Waals surface area contributed by atoms with Crippen LogP contribution < -0.4 is 4.90 Å². The molecule has 2 aromatic rings. The molecule has 9 heteroatoms. The van der Waals surface area contributed by atoms with E-state index in [0.29, 0.717) is 17.5 Å². The largest absolute Gasteiger partial charge is 0.482 e. The van der Waals surface area contributed by atoms with Gasteiger partial charge < -0.3 is 24.2 Å². The summed E-state index contributed by atoms with van der Waals surface area (Å²) in [5.41, 5.74) is 2.32. The van der Waals surface area contributed by atoms with Gasteiger partial charge in [-0.05, 0) is 76.1 Å². The molecule has 3 heterocycles. The SMILES string of the molecule is COC1=NC(c2cnc(C)cc2N2CCC(C)(C)CC2)=CCC1(OCCc1ccc(F)cc1)C(OC(C)(C)C)C(=O)O. The summed E-state index contributed by atoms with van der Waals surface area (Å²) in [6.07, 6.45) is 5.08. The number of rotatable bonds is 9. The van der Waals surface area contributed by atoms with Gasteiger partial charge in [-0.25, -0.2) is 14.2 Å². The van der Waals surface area contributed by atoms with Gasteiger partial charge in [0.05, 0.1) is 25.0 Å². The van der Waals surface area contributed by atoms with Crippen LogP contribution in [0.1, 0.15) is 70.7 Å². The third-order valence-electron chi connectivity index (χ3n) is 7.91. The molecule has 228 valence electrons. The van der Waals surface area contributed by atoms with E-state index in [1.54, 1.807) is 32.9 Å². The van der Waals surface area contributed by atoms with E-state index >= 15 is 0 Å². The summed E-state index contributed by atoms with van der Waals surface area (Å²) in [6.45, 7) is 14.0. The minimum absolute atomic E-state index is 0.127. The van der Waals surface area contributed by atoms with Crippen molar-refractivity contribution in [2.24, 2.45) is 10.4 Å². The molecule has 4 rings (SSSR count). The Morgan fingerprint density at radius 1 is 1.17 bits per heavy atom. The van der Waals surface area contributed by atoms with Crippen LogP contribution >= 0.6 is 0 Å². The number of aryl methyl sites for hydroxylation is 1. The highest BCUT2D eigenvalue weighted by Gasteiger charge is 2.53. The Balaban J connectivity index is 1.70. The fourth-order valence-electron chi connectivity index (χ4n) is 5.45. The zero-order valence-electron chi connectivity index (χ0n) is 25.9. The van der Waals surface area contributed by atoms with Gasteiger partial charge in [-0.1, -0.05) is 32.1 Å². The fraction of sp³-hybridized carbons (Fsp3) is 0.545. The van der Waals surface area contributed by atoms with Gasteiger partial charge in [0.1, 0.15) is 5.82 Å². The number of hydrogen-bond acceptors (Lipinski definition) is 7. The summed E-state index contributed by atoms with van der Waals surface area (Å²) in [5.74, 6) is -1.37. The van der Waals surface area contributed by atoms with Crippen molar-refractivity contribution in [1.29, 1.82) is 0 Å². The molecule has 0 spiro atoms. The molecule has 42 heavy (non-hydrogen) atoms. The Morgan fingerprint density at radius 3 is 2.43 bits per heavy atom. The van der Waals surface area contributed by atoms with E-state index in [0.717, 1.165) is 48.4 Å². The lowest BCUT2D eigenvalue weighted by Crippen LogP contribution is -2.59. The number of carboxylic acid groups (broad SMARTS) is 1. The molecule has 2 atom stereocenters. The molecule has 0 aliphatic carbocycles. The molecule has 1 N–H and O–H groups in total. The van der Waals surface area contributed by atoms with Crippen LogP contribution in [-0.4, -0.2) is 66.1 Å². The molecule has 2 aliphatic rings. The summed E-state index contributed by atoms with van der Waals surface area (Å²) >= 11 is 0. The molecular weight excluding hydrogens is 537 g/mol. The van der Waals surface area contributed by atoms with Gasteiger partial charge in [-0.3, -0.25) is 4.98 Å². The predicted molar refractivity (Wildman–Crippen MR) is 162 cm³/mol. The fourth-order valence-corrected chi connectivity index (χ4v) is 5.45. The first-order chi connectivity index (χ1) is 19.7. The van der Waals surface area contributed by atoms with Crippen LogP contribution in [0.4, 0.5) is 10.1 Å². The number of hydrogen-bond donors (Lipinski definition) is 1. The van der Waals surface area contributed by atoms with E-state index in [1.807, 2.05) is 19.2 Å². The summed E-state index contributed by atoms with van der Waals surface area (Å²) in [7, 11) is 1.47. The Kier molecular flexibility index (Phi) is 9.42. The number of aliphatic carboxylic acids is 1. The van der Waals surface area contributed by atoms with Gasteiger partial charge in [0, 0.05) is 42.7 Å². The summed E-state index contributed by atoms with van der Waals surface area (Å²) in [6, 6.07) is 8.23. The Bertz CT molecular complexity index is 1320. The number of carbonyl (C=O) groups is 1. The number of piperidine rings is 1. The molecule has 8 nitrogen and oxygen atoms in total. The first-order valence-corrected chi connectivity index (χ1v) is 14.6. The lowest BCUT2D eigenvalue weighted by molar-refractivity contribution is -0.189. The average Bonchev–Trinajstić information content (AvgIpc) is 2.92. The van der Waals surface area contributed by atoms with Crippen molar-refractivity contribution in [1.82, 2.24) is 4.98 Å². The van der Waals surface area contributed by atoms with Crippen molar-refractivity contribution in [2.75, 3.05) is 31.7 Å². The number of aromatic nitrogens is 1. The van der Waals surface area contributed by atoms with Crippen molar-refractivity contribution < 1.29 is 28.5 Å². The van der Waals surface area contributed by atoms with E-state index < -0.39 is 23.3 Å². The van der Waals surface area contributed by atoms with E-state index in [-0.39, 0.29) is 24.7 Å². The maximum atomic E-state index is 13.4. The third kappa shape index (κ3) is 7.36. The number of pyridine rings is 1. The number of nitrogens with zero attached hydrogens (tertiary/aromatic N) is 3. The zero-order valence-corrected chi connectivity index (χ0v) is 25.9. The highest BCUT2D eigenvalue weighted by Crippen LogP contribution is 2.40. The van der Waals surface area contributed by atoms with Gasteiger partial charge in [-0.2, -0.15) is 0 Å². The van der Waals surface area contributed by atoms with E-state index in [9.17, 15) is 14.3 Å². The Morgan fingerprint density at radius 2 is 1.83 bits per heavy atom. The lowest BCUT2D eigenvalue weighted by Gasteiger charge is -2.42. The van der Waals surface area contributed by atoms with Crippen LogP contribution in [0.5, 0.6) is 0 Å². The van der Waals surface area contributed by atoms with E-state index in [4.69, 9.17) is 19.2 Å². The third-order valence-corrected chi connectivity index (χ3v) is 7.91. The molecule has 0 saturated carbocycles. The van der Waals surface area contributed by atoms with Crippen molar-refractivity contribution in [3.63, 3.8) is 0 Å². The van der Waals surface area contributed by atoms with E-state index in [2.05, 4.69) is 29.8 Å². The Labute approximate surface area is 248 Å². The monoisotopic (exact) mass is 581 g/mol. The molecule has 0 radical (unpaired) electrons. The number of anilines is 1. The maximum absolute atomic E-state index is 13.4. The Hall–Kier alpha value is -3.30. The first-order valence-electron chi connectivity index (χ1n) is 14.6. The molecule has 1 aromatic heterocycles. The van der Waals surface area contributed by atoms with Crippen molar-refractivity contribution in [3.8, 4) is 0 Å². The second kappa shape index (κ2) is 12.5. The van der Waals surface area contributed by atoms with Gasteiger partial charge in [-0.15, -0.1) is 0 Å². The smallest absolute Gasteiger partial charge is 0.336 e. The van der Waals surface area contributed by atoms with Gasteiger partial charge in [0.2, 0.25) is 5.90 Å². The quantitative estimate of drug-likeness (QED) is 0.376. The average molecular weight is 582 g/mol. The van der Waals surface area contributed by atoms with Crippen molar-refractivity contribution in [2.45, 2.75) is 84.5 Å². The highest BCUT2D eigenvalue weighted by molar-refractivity contribution is 5.98. The van der Waals surface area contributed by atoms with Crippen molar-refractivity contribution >= 4 is 23.3 Å². The van der Waals surface area contributed by atoms with Gasteiger partial charge in [0.25, 0.3) is 0 Å². The summed E-state index contributed by atoms with van der Waals surface area (Å²) in [5, 5.41) is 10.4. The van der Waals surface area contributed by atoms with Crippen LogP contribution in [0.2, 0.25) is 0 Å². The van der Waals surface area contributed by atoms with Crippen LogP contribution in [0.3, 0.4) is 0 Å². The normalized spacial score (nSPS) is 21.4. The van der Waals surface area contributed by atoms with Crippen LogP contribution in [0.25, 0.3) is 5.70 Å². The second-order valence-corrected chi connectivity index (χ2v) is 13.0. The van der Waals surface area contributed by atoms with Gasteiger partial charge in [0.15, 0.2) is 11.7 Å². The van der Waals surface area contributed by atoms with Gasteiger partial charge >= 0.3 is 5.97 Å². The lowest BCUT2D eigenvalue weighted by atomic mass is 9.82. The number of benzene rings is 1. The molecule has 0 bridgehead atoms.